The van der Waals surface area contributed by atoms with Gasteiger partial charge in [0.05, 0.1) is 11.9 Å². The van der Waals surface area contributed by atoms with Gasteiger partial charge in [-0.15, -0.1) is 0 Å². The summed E-state index contributed by atoms with van der Waals surface area (Å²) >= 11 is 0. The van der Waals surface area contributed by atoms with Crippen LogP contribution in [0.1, 0.15) is 11.1 Å². The van der Waals surface area contributed by atoms with Crippen molar-refractivity contribution in [3.63, 3.8) is 0 Å². The first-order valence-electron chi connectivity index (χ1n) is 9.22. The number of pyridine rings is 1. The molecule has 0 saturated carbocycles. The van der Waals surface area contributed by atoms with Crippen LogP contribution in [0.15, 0.2) is 109 Å². The van der Waals surface area contributed by atoms with Crippen LogP contribution >= 0.6 is 0 Å². The van der Waals surface area contributed by atoms with Crippen LogP contribution in [0.25, 0.3) is 11.1 Å². The van der Waals surface area contributed by atoms with Crippen molar-refractivity contribution in [1.82, 2.24) is 4.98 Å². The monoisotopic (exact) mass is 350 g/mol. The van der Waals surface area contributed by atoms with Crippen molar-refractivity contribution >= 4 is 5.69 Å². The first-order valence-corrected chi connectivity index (χ1v) is 9.22. The second kappa shape index (κ2) is 8.33. The molecule has 2 heteroatoms. The molecule has 0 aliphatic rings. The third kappa shape index (κ3) is 4.42. The van der Waals surface area contributed by atoms with Crippen LogP contribution in [0.4, 0.5) is 5.69 Å². The molecule has 0 unspecified atom stereocenters. The lowest BCUT2D eigenvalue weighted by atomic mass is 10.0. The van der Waals surface area contributed by atoms with Gasteiger partial charge in [0, 0.05) is 19.3 Å². The van der Waals surface area contributed by atoms with E-state index in [1.54, 1.807) is 0 Å². The molecule has 1 aromatic heterocycles. The standard InChI is InChI=1S/C25H22N2/c1-3-8-21(9-4-1)19-27(25-12-7-17-26-18-25)20-22-13-15-24(16-14-22)23-10-5-2-6-11-23/h1-18H,19-20H2. The Morgan fingerprint density at radius 1 is 0.556 bits per heavy atom. The van der Waals surface area contributed by atoms with Gasteiger partial charge in [-0.05, 0) is 34.4 Å². The summed E-state index contributed by atoms with van der Waals surface area (Å²) in [7, 11) is 0. The van der Waals surface area contributed by atoms with Crippen LogP contribution in [0.5, 0.6) is 0 Å². The number of anilines is 1. The van der Waals surface area contributed by atoms with E-state index in [0.717, 1.165) is 18.8 Å². The lowest BCUT2D eigenvalue weighted by Crippen LogP contribution is -2.22. The molecule has 4 aromatic rings. The zero-order valence-corrected chi connectivity index (χ0v) is 15.2. The Morgan fingerprint density at radius 3 is 1.78 bits per heavy atom. The first-order chi connectivity index (χ1) is 13.4. The van der Waals surface area contributed by atoms with E-state index in [-0.39, 0.29) is 0 Å². The fourth-order valence-electron chi connectivity index (χ4n) is 3.24. The van der Waals surface area contributed by atoms with E-state index in [1.807, 2.05) is 24.5 Å². The quantitative estimate of drug-likeness (QED) is 0.427. The minimum atomic E-state index is 0.843. The Balaban J connectivity index is 1.56. The Labute approximate surface area is 160 Å². The lowest BCUT2D eigenvalue weighted by molar-refractivity contribution is 0.797. The third-order valence-corrected chi connectivity index (χ3v) is 4.66. The van der Waals surface area contributed by atoms with Gasteiger partial charge in [0.25, 0.3) is 0 Å². The molecular formula is C25H22N2. The van der Waals surface area contributed by atoms with Gasteiger partial charge in [-0.3, -0.25) is 4.98 Å². The smallest absolute Gasteiger partial charge is 0.0558 e. The van der Waals surface area contributed by atoms with Crippen molar-refractivity contribution < 1.29 is 0 Å². The molecule has 0 saturated heterocycles. The topological polar surface area (TPSA) is 16.1 Å². The molecule has 1 heterocycles. The summed E-state index contributed by atoms with van der Waals surface area (Å²) in [4.78, 5) is 6.66. The molecule has 4 rings (SSSR count). The molecule has 2 nitrogen and oxygen atoms in total. The predicted octanol–water partition coefficient (Wildman–Crippen LogP) is 5.96. The second-order valence-electron chi connectivity index (χ2n) is 6.62. The molecule has 0 bridgehead atoms. The van der Waals surface area contributed by atoms with Crippen LogP contribution in [0, 0.1) is 0 Å². The van der Waals surface area contributed by atoms with E-state index in [0.29, 0.717) is 0 Å². The fraction of sp³-hybridized carbons (Fsp3) is 0.0800. The van der Waals surface area contributed by atoms with Crippen LogP contribution in [0.3, 0.4) is 0 Å². The average molecular weight is 350 g/mol. The molecule has 3 aromatic carbocycles. The molecule has 0 N–H and O–H groups in total. The minimum absolute atomic E-state index is 0.843. The SMILES string of the molecule is c1ccc(CN(Cc2ccc(-c3ccccc3)cc2)c2cccnc2)cc1. The normalized spacial score (nSPS) is 10.5. The summed E-state index contributed by atoms with van der Waals surface area (Å²) in [6.07, 6.45) is 3.75. The highest BCUT2D eigenvalue weighted by molar-refractivity contribution is 5.63. The summed E-state index contributed by atoms with van der Waals surface area (Å²) in [6, 6.07) is 34.0. The highest BCUT2D eigenvalue weighted by Crippen LogP contribution is 2.22. The Bertz CT molecular complexity index is 949. The van der Waals surface area contributed by atoms with Crippen molar-refractivity contribution in [3.05, 3.63) is 121 Å². The number of hydrogen-bond donors (Lipinski definition) is 0. The van der Waals surface area contributed by atoms with Crippen molar-refractivity contribution in [2.45, 2.75) is 13.1 Å². The largest absolute Gasteiger partial charge is 0.362 e. The molecule has 0 fully saturated rings. The summed E-state index contributed by atoms with van der Waals surface area (Å²) in [5.41, 5.74) is 6.21. The number of nitrogens with zero attached hydrogens (tertiary/aromatic N) is 2. The first kappa shape index (κ1) is 17.0. The van der Waals surface area contributed by atoms with Gasteiger partial charge in [0.15, 0.2) is 0 Å². The third-order valence-electron chi connectivity index (χ3n) is 4.66. The van der Waals surface area contributed by atoms with Gasteiger partial charge in [0.1, 0.15) is 0 Å². The molecule has 0 atom stereocenters. The van der Waals surface area contributed by atoms with Crippen LogP contribution in [-0.2, 0) is 13.1 Å². The van der Waals surface area contributed by atoms with Gasteiger partial charge in [-0.25, -0.2) is 0 Å². The van der Waals surface area contributed by atoms with Crippen LogP contribution in [-0.4, -0.2) is 4.98 Å². The van der Waals surface area contributed by atoms with Crippen LogP contribution < -0.4 is 4.90 Å². The van der Waals surface area contributed by atoms with E-state index >= 15 is 0 Å². The Kier molecular flexibility index (Phi) is 5.26. The molecule has 132 valence electrons. The molecule has 27 heavy (non-hydrogen) atoms. The number of aromatic nitrogens is 1. The Hall–Kier alpha value is -3.39. The summed E-state index contributed by atoms with van der Waals surface area (Å²) in [5, 5.41) is 0. The van der Waals surface area contributed by atoms with Crippen molar-refractivity contribution in [3.8, 4) is 11.1 Å². The molecular weight excluding hydrogens is 328 g/mol. The van der Waals surface area contributed by atoms with Gasteiger partial charge < -0.3 is 4.90 Å². The molecule has 0 amide bonds. The Morgan fingerprint density at radius 2 is 1.15 bits per heavy atom. The number of rotatable bonds is 6. The predicted molar refractivity (Wildman–Crippen MR) is 112 cm³/mol. The van der Waals surface area contributed by atoms with Crippen molar-refractivity contribution in [1.29, 1.82) is 0 Å². The molecule has 0 aliphatic carbocycles. The zero-order valence-electron chi connectivity index (χ0n) is 15.2. The maximum absolute atomic E-state index is 4.30. The van der Waals surface area contributed by atoms with Crippen molar-refractivity contribution in [2.75, 3.05) is 4.90 Å². The highest BCUT2D eigenvalue weighted by Gasteiger charge is 2.09. The zero-order chi connectivity index (χ0) is 18.3. The van der Waals surface area contributed by atoms with E-state index in [2.05, 4.69) is 94.8 Å². The minimum Gasteiger partial charge on any atom is -0.362 e. The van der Waals surface area contributed by atoms with E-state index < -0.39 is 0 Å². The molecule has 0 radical (unpaired) electrons. The van der Waals surface area contributed by atoms with Gasteiger partial charge in [0.2, 0.25) is 0 Å². The fourth-order valence-corrected chi connectivity index (χ4v) is 3.24. The van der Waals surface area contributed by atoms with E-state index in [4.69, 9.17) is 0 Å². The molecule has 0 spiro atoms. The molecule has 0 aliphatic heterocycles. The summed E-state index contributed by atoms with van der Waals surface area (Å²) in [6.45, 7) is 1.70. The maximum Gasteiger partial charge on any atom is 0.0558 e. The summed E-state index contributed by atoms with van der Waals surface area (Å²) < 4.78 is 0. The lowest BCUT2D eigenvalue weighted by Gasteiger charge is -2.25. The number of hydrogen-bond acceptors (Lipinski definition) is 2. The van der Waals surface area contributed by atoms with E-state index in [1.165, 1.54) is 22.3 Å². The average Bonchev–Trinajstić information content (AvgIpc) is 2.76. The van der Waals surface area contributed by atoms with Gasteiger partial charge in [-0.2, -0.15) is 0 Å². The summed E-state index contributed by atoms with van der Waals surface area (Å²) in [5.74, 6) is 0. The van der Waals surface area contributed by atoms with Crippen molar-refractivity contribution in [2.24, 2.45) is 0 Å². The highest BCUT2D eigenvalue weighted by atomic mass is 15.1. The van der Waals surface area contributed by atoms with Gasteiger partial charge >= 0.3 is 0 Å². The van der Waals surface area contributed by atoms with Gasteiger partial charge in [-0.1, -0.05) is 84.9 Å². The number of benzene rings is 3. The van der Waals surface area contributed by atoms with E-state index in [9.17, 15) is 0 Å². The second-order valence-corrected chi connectivity index (χ2v) is 6.62. The maximum atomic E-state index is 4.30. The van der Waals surface area contributed by atoms with Crippen LogP contribution in [0.2, 0.25) is 0 Å².